The van der Waals surface area contributed by atoms with Crippen molar-refractivity contribution in [1.82, 2.24) is 9.55 Å². The van der Waals surface area contributed by atoms with Crippen molar-refractivity contribution < 1.29 is 0 Å². The zero-order valence-electron chi connectivity index (χ0n) is 8.92. The molecule has 1 aromatic heterocycles. The van der Waals surface area contributed by atoms with E-state index in [2.05, 4.69) is 23.4 Å². The van der Waals surface area contributed by atoms with E-state index in [1.165, 1.54) is 31.4 Å². The molecule has 2 unspecified atom stereocenters. The Morgan fingerprint density at radius 2 is 2.14 bits per heavy atom. The Morgan fingerprint density at radius 1 is 1.43 bits per heavy atom. The Balaban J connectivity index is 2.33. The summed E-state index contributed by atoms with van der Waals surface area (Å²) in [5.41, 5.74) is 1.27. The average molecular weight is 210 g/mol. The second-order valence-corrected chi connectivity index (χ2v) is 4.82. The molecule has 0 radical (unpaired) electrons. The Kier molecular flexibility index (Phi) is 2.77. The van der Waals surface area contributed by atoms with Crippen molar-refractivity contribution in [3.8, 4) is 0 Å². The molecule has 14 heavy (non-hydrogen) atoms. The van der Waals surface area contributed by atoms with Crippen molar-refractivity contribution in [2.45, 2.75) is 45.6 Å². The van der Waals surface area contributed by atoms with Crippen LogP contribution in [0.4, 0.5) is 0 Å². The Hall–Kier alpha value is -0.570. The smallest absolute Gasteiger partial charge is 0.177 e. The van der Waals surface area contributed by atoms with Crippen LogP contribution in [-0.4, -0.2) is 9.55 Å². The summed E-state index contributed by atoms with van der Waals surface area (Å²) >= 11 is 5.31. The first-order valence-corrected chi connectivity index (χ1v) is 5.87. The maximum absolute atomic E-state index is 5.31. The highest BCUT2D eigenvalue weighted by Crippen LogP contribution is 2.34. The van der Waals surface area contributed by atoms with Crippen molar-refractivity contribution in [1.29, 1.82) is 0 Å². The molecule has 1 aliphatic rings. The molecule has 2 rings (SSSR count). The zero-order valence-corrected chi connectivity index (χ0v) is 9.73. The number of imidazole rings is 1. The third-order valence-corrected chi connectivity index (χ3v) is 3.72. The summed E-state index contributed by atoms with van der Waals surface area (Å²) in [5.74, 6) is 0.768. The predicted molar refractivity (Wildman–Crippen MR) is 61.0 cm³/mol. The normalized spacial score (nSPS) is 27.9. The van der Waals surface area contributed by atoms with Crippen LogP contribution >= 0.6 is 12.2 Å². The number of aromatic amines is 1. The van der Waals surface area contributed by atoms with E-state index in [0.29, 0.717) is 6.04 Å². The molecule has 1 N–H and O–H groups in total. The summed E-state index contributed by atoms with van der Waals surface area (Å²) in [5, 5.41) is 0. The molecule has 0 saturated heterocycles. The number of aromatic nitrogens is 2. The predicted octanol–water partition coefficient (Wildman–Crippen LogP) is 3.61. The molecule has 0 aromatic carbocycles. The van der Waals surface area contributed by atoms with Gasteiger partial charge < -0.3 is 9.55 Å². The summed E-state index contributed by atoms with van der Waals surface area (Å²) < 4.78 is 3.19. The van der Waals surface area contributed by atoms with E-state index in [-0.39, 0.29) is 0 Å². The van der Waals surface area contributed by atoms with Gasteiger partial charge in [0.15, 0.2) is 4.77 Å². The zero-order chi connectivity index (χ0) is 10.1. The number of rotatable bonds is 1. The summed E-state index contributed by atoms with van der Waals surface area (Å²) in [6.07, 6.45) is 7.38. The van der Waals surface area contributed by atoms with E-state index < -0.39 is 0 Å². The van der Waals surface area contributed by atoms with Crippen molar-refractivity contribution in [2.75, 3.05) is 0 Å². The molecule has 1 saturated carbocycles. The van der Waals surface area contributed by atoms with Gasteiger partial charge in [0, 0.05) is 17.9 Å². The minimum absolute atomic E-state index is 0.627. The first kappa shape index (κ1) is 9.97. The van der Waals surface area contributed by atoms with Crippen LogP contribution in [0.2, 0.25) is 0 Å². The highest BCUT2D eigenvalue weighted by Gasteiger charge is 2.23. The second-order valence-electron chi connectivity index (χ2n) is 4.43. The van der Waals surface area contributed by atoms with Crippen molar-refractivity contribution in [3.05, 3.63) is 16.7 Å². The first-order valence-electron chi connectivity index (χ1n) is 5.46. The summed E-state index contributed by atoms with van der Waals surface area (Å²) in [7, 11) is 0. The lowest BCUT2D eigenvalue weighted by Gasteiger charge is -2.30. The SMILES string of the molecule is Cc1c[nH]c(=S)n1C1CCCCC1C. The molecule has 1 heterocycles. The Morgan fingerprint density at radius 3 is 2.71 bits per heavy atom. The van der Waals surface area contributed by atoms with Crippen LogP contribution in [0.1, 0.15) is 44.3 Å². The second kappa shape index (κ2) is 3.89. The van der Waals surface area contributed by atoms with Gasteiger partial charge in [0.25, 0.3) is 0 Å². The molecule has 78 valence electrons. The van der Waals surface area contributed by atoms with E-state index in [0.717, 1.165) is 10.7 Å². The number of aryl methyl sites for hydroxylation is 1. The molecular formula is C11H18N2S. The van der Waals surface area contributed by atoms with Gasteiger partial charge in [0.2, 0.25) is 0 Å². The van der Waals surface area contributed by atoms with Crippen LogP contribution in [0.25, 0.3) is 0 Å². The fourth-order valence-corrected chi connectivity index (χ4v) is 2.90. The summed E-state index contributed by atoms with van der Waals surface area (Å²) in [6.45, 7) is 4.48. The molecule has 1 aromatic rings. The van der Waals surface area contributed by atoms with Crippen molar-refractivity contribution in [2.24, 2.45) is 5.92 Å². The average Bonchev–Trinajstić information content (AvgIpc) is 2.48. The van der Waals surface area contributed by atoms with Crippen LogP contribution in [0.15, 0.2) is 6.20 Å². The van der Waals surface area contributed by atoms with Gasteiger partial charge in [-0.2, -0.15) is 0 Å². The highest BCUT2D eigenvalue weighted by molar-refractivity contribution is 7.71. The monoisotopic (exact) mass is 210 g/mol. The molecule has 0 bridgehead atoms. The van der Waals surface area contributed by atoms with Crippen molar-refractivity contribution in [3.63, 3.8) is 0 Å². The number of hydrogen-bond acceptors (Lipinski definition) is 1. The van der Waals surface area contributed by atoms with Gasteiger partial charge in [-0.1, -0.05) is 19.8 Å². The lowest BCUT2D eigenvalue weighted by molar-refractivity contribution is 0.252. The molecule has 0 aliphatic heterocycles. The van der Waals surface area contributed by atoms with E-state index in [1.54, 1.807) is 0 Å². The molecule has 2 atom stereocenters. The maximum Gasteiger partial charge on any atom is 0.177 e. The molecule has 0 amide bonds. The van der Waals surface area contributed by atoms with Crippen molar-refractivity contribution >= 4 is 12.2 Å². The number of hydrogen-bond donors (Lipinski definition) is 1. The lowest BCUT2D eigenvalue weighted by atomic mass is 9.85. The molecule has 0 spiro atoms. The summed E-state index contributed by atoms with van der Waals surface area (Å²) in [6, 6.07) is 0.627. The Labute approximate surface area is 90.3 Å². The first-order chi connectivity index (χ1) is 6.70. The Bertz CT molecular complexity index is 364. The quantitative estimate of drug-likeness (QED) is 0.702. The fourth-order valence-electron chi connectivity index (χ4n) is 2.56. The van der Waals surface area contributed by atoms with Gasteiger partial charge in [0.05, 0.1) is 0 Å². The number of H-pyrrole nitrogens is 1. The molecule has 3 heteroatoms. The standard InChI is InChI=1S/C11H18N2S/c1-8-5-3-4-6-10(8)13-9(2)7-12-11(13)14/h7-8,10H,3-6H2,1-2H3,(H,12,14). The van der Waals surface area contributed by atoms with E-state index in [9.17, 15) is 0 Å². The largest absolute Gasteiger partial charge is 0.337 e. The van der Waals surface area contributed by atoms with Gasteiger partial charge >= 0.3 is 0 Å². The molecular weight excluding hydrogens is 192 g/mol. The van der Waals surface area contributed by atoms with Crippen LogP contribution in [-0.2, 0) is 0 Å². The number of nitrogens with zero attached hydrogens (tertiary/aromatic N) is 1. The van der Waals surface area contributed by atoms with Gasteiger partial charge in [-0.3, -0.25) is 0 Å². The van der Waals surface area contributed by atoms with Gasteiger partial charge in [-0.25, -0.2) is 0 Å². The molecule has 1 aliphatic carbocycles. The summed E-state index contributed by atoms with van der Waals surface area (Å²) in [4.78, 5) is 3.13. The van der Waals surface area contributed by atoms with Crippen LogP contribution in [0, 0.1) is 17.6 Å². The molecule has 1 fully saturated rings. The third kappa shape index (κ3) is 1.65. The maximum atomic E-state index is 5.31. The van der Waals surface area contributed by atoms with Gasteiger partial charge in [-0.05, 0) is 37.9 Å². The van der Waals surface area contributed by atoms with E-state index >= 15 is 0 Å². The topological polar surface area (TPSA) is 20.7 Å². The van der Waals surface area contributed by atoms with Crippen LogP contribution in [0.5, 0.6) is 0 Å². The minimum atomic E-state index is 0.627. The lowest BCUT2D eigenvalue weighted by Crippen LogP contribution is -2.21. The third-order valence-electron chi connectivity index (χ3n) is 3.40. The van der Waals surface area contributed by atoms with E-state index in [1.807, 2.05) is 6.20 Å². The van der Waals surface area contributed by atoms with E-state index in [4.69, 9.17) is 12.2 Å². The van der Waals surface area contributed by atoms with Crippen LogP contribution in [0.3, 0.4) is 0 Å². The minimum Gasteiger partial charge on any atom is -0.337 e. The molecule has 2 nitrogen and oxygen atoms in total. The number of nitrogens with one attached hydrogen (secondary N) is 1. The van der Waals surface area contributed by atoms with Gasteiger partial charge in [-0.15, -0.1) is 0 Å². The van der Waals surface area contributed by atoms with Crippen LogP contribution < -0.4 is 0 Å². The fraction of sp³-hybridized carbons (Fsp3) is 0.727. The van der Waals surface area contributed by atoms with Gasteiger partial charge in [0.1, 0.15) is 0 Å². The highest BCUT2D eigenvalue weighted by atomic mass is 32.1.